The number of hydrogen-bond acceptors (Lipinski definition) is 6. The van der Waals surface area contributed by atoms with Crippen molar-refractivity contribution in [3.05, 3.63) is 47.0 Å². The maximum Gasteiger partial charge on any atom is 0.416 e. The second kappa shape index (κ2) is 8.11. The Morgan fingerprint density at radius 3 is 2.52 bits per heavy atom. The van der Waals surface area contributed by atoms with Gasteiger partial charge in [-0.3, -0.25) is 9.69 Å². The second-order valence-electron chi connectivity index (χ2n) is 6.92. The lowest BCUT2D eigenvalue weighted by Crippen LogP contribution is -2.37. The van der Waals surface area contributed by atoms with Gasteiger partial charge in [0.25, 0.3) is 0 Å². The summed E-state index contributed by atoms with van der Waals surface area (Å²) >= 11 is 0. The number of carbonyl (C=O) groups is 2. The highest BCUT2D eigenvalue weighted by Gasteiger charge is 2.27. The van der Waals surface area contributed by atoms with Crippen LogP contribution in [0, 0.1) is 12.7 Å². The molecule has 2 aromatic heterocycles. The number of carbonyl (C=O) groups excluding carboxylic acids is 2. The Morgan fingerprint density at radius 1 is 1.26 bits per heavy atom. The molecule has 0 fully saturated rings. The molecule has 0 unspecified atom stereocenters. The van der Waals surface area contributed by atoms with Crippen LogP contribution in [0.25, 0.3) is 0 Å². The molecule has 0 aromatic carbocycles. The molecule has 2 heterocycles. The van der Waals surface area contributed by atoms with Crippen molar-refractivity contribution in [2.45, 2.75) is 39.8 Å². The van der Waals surface area contributed by atoms with Crippen LogP contribution in [-0.4, -0.2) is 35.1 Å². The predicted octanol–water partition coefficient (Wildman–Crippen LogP) is 3.69. The van der Waals surface area contributed by atoms with Gasteiger partial charge in [-0.1, -0.05) is 0 Å². The summed E-state index contributed by atoms with van der Waals surface area (Å²) < 4.78 is 24.3. The van der Waals surface area contributed by atoms with E-state index in [1.54, 1.807) is 33.8 Å². The topological polar surface area (TPSA) is 81.6 Å². The van der Waals surface area contributed by atoms with E-state index < -0.39 is 17.5 Å². The summed E-state index contributed by atoms with van der Waals surface area (Å²) in [5, 5.41) is 0. The average molecular weight is 375 g/mol. The van der Waals surface area contributed by atoms with E-state index in [1.165, 1.54) is 24.3 Å². The summed E-state index contributed by atoms with van der Waals surface area (Å²) in [5.41, 5.74) is 0.583. The number of aldehydes is 1. The van der Waals surface area contributed by atoms with Crippen LogP contribution in [0.15, 0.2) is 24.5 Å². The van der Waals surface area contributed by atoms with Gasteiger partial charge in [-0.05, 0) is 45.4 Å². The number of rotatable bonds is 5. The highest BCUT2D eigenvalue weighted by Crippen LogP contribution is 2.26. The molecule has 0 bridgehead atoms. The smallest absolute Gasteiger partial charge is 0.416 e. The molecule has 0 atom stereocenters. The summed E-state index contributed by atoms with van der Waals surface area (Å²) in [6, 6.07) is 2.84. The Morgan fingerprint density at radius 2 is 1.96 bits per heavy atom. The third-order valence-corrected chi connectivity index (χ3v) is 3.49. The van der Waals surface area contributed by atoms with Crippen molar-refractivity contribution >= 4 is 18.2 Å². The highest BCUT2D eigenvalue weighted by molar-refractivity contribution is 5.88. The zero-order valence-corrected chi connectivity index (χ0v) is 15.9. The minimum absolute atomic E-state index is 0.0723. The second-order valence-corrected chi connectivity index (χ2v) is 6.92. The molecule has 1 amide bonds. The van der Waals surface area contributed by atoms with Crippen molar-refractivity contribution in [3.8, 4) is 5.88 Å². The van der Waals surface area contributed by atoms with E-state index in [-0.39, 0.29) is 12.4 Å². The van der Waals surface area contributed by atoms with Crippen molar-refractivity contribution < 1.29 is 23.5 Å². The van der Waals surface area contributed by atoms with Crippen LogP contribution in [0.2, 0.25) is 0 Å². The minimum atomic E-state index is -0.740. The van der Waals surface area contributed by atoms with Crippen LogP contribution in [0.4, 0.5) is 15.0 Å². The monoisotopic (exact) mass is 375 g/mol. The summed E-state index contributed by atoms with van der Waals surface area (Å²) in [4.78, 5) is 33.1. The number of halogens is 1. The van der Waals surface area contributed by atoms with Gasteiger partial charge < -0.3 is 9.47 Å². The quantitative estimate of drug-likeness (QED) is 0.742. The van der Waals surface area contributed by atoms with E-state index in [9.17, 15) is 14.0 Å². The largest absolute Gasteiger partial charge is 0.481 e. The van der Waals surface area contributed by atoms with Gasteiger partial charge in [0.15, 0.2) is 6.29 Å². The molecular formula is C19H22FN3O4. The molecule has 2 rings (SSSR count). The first-order chi connectivity index (χ1) is 12.6. The SMILES string of the molecule is COc1ncc(F)cc1CN(C(=O)OC(C)(C)C)c1ncc(C=O)cc1C. The van der Waals surface area contributed by atoms with Gasteiger partial charge in [-0.2, -0.15) is 0 Å². The molecule has 0 saturated heterocycles. The van der Waals surface area contributed by atoms with Gasteiger partial charge >= 0.3 is 6.09 Å². The van der Waals surface area contributed by atoms with Crippen molar-refractivity contribution in [3.63, 3.8) is 0 Å². The molecule has 0 N–H and O–H groups in total. The zero-order valence-electron chi connectivity index (χ0n) is 15.9. The Bertz CT molecular complexity index is 849. The Balaban J connectivity index is 2.49. The fraction of sp³-hybridized carbons (Fsp3) is 0.368. The maximum absolute atomic E-state index is 13.7. The summed E-state index contributed by atoms with van der Waals surface area (Å²) in [6.45, 7) is 6.86. The molecule has 0 spiro atoms. The Labute approximate surface area is 157 Å². The number of amides is 1. The van der Waals surface area contributed by atoms with Crippen LogP contribution >= 0.6 is 0 Å². The van der Waals surface area contributed by atoms with Crippen molar-refractivity contribution in [2.75, 3.05) is 12.0 Å². The lowest BCUT2D eigenvalue weighted by atomic mass is 10.2. The van der Waals surface area contributed by atoms with Crippen LogP contribution in [0.1, 0.15) is 42.3 Å². The van der Waals surface area contributed by atoms with Gasteiger partial charge in [0.1, 0.15) is 17.2 Å². The molecule has 0 radical (unpaired) electrons. The number of pyridine rings is 2. The molecule has 7 nitrogen and oxygen atoms in total. The maximum atomic E-state index is 13.7. The van der Waals surface area contributed by atoms with Crippen LogP contribution in [0.3, 0.4) is 0 Å². The van der Waals surface area contributed by atoms with Gasteiger partial charge in [-0.25, -0.2) is 19.2 Å². The lowest BCUT2D eigenvalue weighted by molar-refractivity contribution is 0.0575. The molecule has 144 valence electrons. The molecule has 2 aromatic rings. The molecule has 0 aliphatic carbocycles. The lowest BCUT2D eigenvalue weighted by Gasteiger charge is -2.28. The van der Waals surface area contributed by atoms with E-state index in [2.05, 4.69) is 9.97 Å². The van der Waals surface area contributed by atoms with E-state index in [4.69, 9.17) is 9.47 Å². The first-order valence-corrected chi connectivity index (χ1v) is 8.25. The fourth-order valence-corrected chi connectivity index (χ4v) is 2.42. The van der Waals surface area contributed by atoms with E-state index in [0.29, 0.717) is 28.8 Å². The number of nitrogens with zero attached hydrogens (tertiary/aromatic N) is 3. The number of aromatic nitrogens is 2. The molecule has 27 heavy (non-hydrogen) atoms. The fourth-order valence-electron chi connectivity index (χ4n) is 2.42. The highest BCUT2D eigenvalue weighted by atomic mass is 19.1. The number of aryl methyl sites for hydroxylation is 1. The van der Waals surface area contributed by atoms with E-state index >= 15 is 0 Å². The summed E-state index contributed by atoms with van der Waals surface area (Å²) in [6.07, 6.45) is 2.39. The first kappa shape index (κ1) is 20.3. The molecule has 8 heteroatoms. The summed E-state index contributed by atoms with van der Waals surface area (Å²) in [7, 11) is 1.41. The number of methoxy groups -OCH3 is 1. The number of anilines is 1. The Kier molecular flexibility index (Phi) is 6.09. The zero-order chi connectivity index (χ0) is 20.2. The third-order valence-electron chi connectivity index (χ3n) is 3.49. The van der Waals surface area contributed by atoms with Gasteiger partial charge in [0.2, 0.25) is 5.88 Å². The summed E-state index contributed by atoms with van der Waals surface area (Å²) in [5.74, 6) is -0.0794. The molecule has 0 aliphatic heterocycles. The average Bonchev–Trinajstić information content (AvgIpc) is 2.58. The molecule has 0 aliphatic rings. The van der Waals surface area contributed by atoms with Crippen LogP contribution in [0.5, 0.6) is 5.88 Å². The minimum Gasteiger partial charge on any atom is -0.481 e. The van der Waals surface area contributed by atoms with Crippen molar-refractivity contribution in [1.29, 1.82) is 0 Å². The standard InChI is InChI=1S/C19H22FN3O4/c1-12-6-13(11-24)8-21-16(12)23(18(25)27-19(2,3)4)10-14-7-15(20)9-22-17(14)26-5/h6-9,11H,10H2,1-5H3. The predicted molar refractivity (Wildman–Crippen MR) is 97.5 cm³/mol. The molecular weight excluding hydrogens is 353 g/mol. The van der Waals surface area contributed by atoms with Gasteiger partial charge in [0, 0.05) is 17.3 Å². The number of hydrogen-bond donors (Lipinski definition) is 0. The van der Waals surface area contributed by atoms with Crippen molar-refractivity contribution in [1.82, 2.24) is 9.97 Å². The van der Waals surface area contributed by atoms with Gasteiger partial charge in [-0.15, -0.1) is 0 Å². The van der Waals surface area contributed by atoms with E-state index in [1.807, 2.05) is 0 Å². The van der Waals surface area contributed by atoms with Gasteiger partial charge in [0.05, 0.1) is 19.9 Å². The first-order valence-electron chi connectivity index (χ1n) is 8.25. The normalized spacial score (nSPS) is 11.0. The third kappa shape index (κ3) is 5.22. The Hall–Kier alpha value is -3.03. The number of ether oxygens (including phenoxy) is 2. The van der Waals surface area contributed by atoms with Crippen LogP contribution in [-0.2, 0) is 11.3 Å². The molecule has 0 saturated carbocycles. The van der Waals surface area contributed by atoms with Crippen LogP contribution < -0.4 is 9.64 Å². The van der Waals surface area contributed by atoms with Crippen molar-refractivity contribution in [2.24, 2.45) is 0 Å². The van der Waals surface area contributed by atoms with E-state index in [0.717, 1.165) is 6.20 Å².